The Morgan fingerprint density at radius 1 is 1.16 bits per heavy atom. The number of amides is 2. The lowest BCUT2D eigenvalue weighted by atomic mass is 9.94. The molecule has 2 aliphatic heterocycles. The summed E-state index contributed by atoms with van der Waals surface area (Å²) in [4.78, 5) is 26.8. The minimum absolute atomic E-state index is 0. The van der Waals surface area contributed by atoms with Gasteiger partial charge in [0.1, 0.15) is 5.75 Å². The second-order valence-corrected chi connectivity index (χ2v) is 6.48. The predicted octanol–water partition coefficient (Wildman–Crippen LogP) is 1.90. The van der Waals surface area contributed by atoms with Gasteiger partial charge in [-0.05, 0) is 37.9 Å². The van der Waals surface area contributed by atoms with Crippen molar-refractivity contribution in [3.05, 3.63) is 24.3 Å². The summed E-state index contributed by atoms with van der Waals surface area (Å²) in [5, 5.41) is 6.19. The van der Waals surface area contributed by atoms with E-state index in [1.807, 2.05) is 29.2 Å². The van der Waals surface area contributed by atoms with Crippen molar-refractivity contribution in [2.24, 2.45) is 11.8 Å². The molecule has 1 aromatic carbocycles. The van der Waals surface area contributed by atoms with Crippen LogP contribution in [0.3, 0.4) is 0 Å². The van der Waals surface area contributed by atoms with E-state index < -0.39 is 0 Å². The third kappa shape index (κ3) is 4.64. The van der Waals surface area contributed by atoms with Gasteiger partial charge < -0.3 is 20.3 Å². The highest BCUT2D eigenvalue weighted by molar-refractivity contribution is 5.94. The van der Waals surface area contributed by atoms with Crippen LogP contribution in [0.1, 0.15) is 19.3 Å². The van der Waals surface area contributed by atoms with E-state index >= 15 is 0 Å². The molecule has 2 fully saturated rings. The zero-order valence-electron chi connectivity index (χ0n) is 14.5. The van der Waals surface area contributed by atoms with Crippen LogP contribution in [0, 0.1) is 11.8 Å². The Kier molecular flexibility index (Phi) is 7.08. The zero-order valence-corrected chi connectivity index (χ0v) is 15.3. The maximum Gasteiger partial charge on any atom is 0.227 e. The molecule has 1 aromatic rings. The zero-order chi connectivity index (χ0) is 16.9. The molecule has 6 nitrogen and oxygen atoms in total. The second-order valence-electron chi connectivity index (χ2n) is 6.48. The van der Waals surface area contributed by atoms with E-state index in [1.165, 1.54) is 0 Å². The smallest absolute Gasteiger partial charge is 0.227 e. The topological polar surface area (TPSA) is 70.7 Å². The number of ether oxygens (including phenoxy) is 1. The molecule has 0 radical (unpaired) electrons. The normalized spacial score (nSPS) is 20.7. The Labute approximate surface area is 154 Å². The molecule has 2 aliphatic rings. The van der Waals surface area contributed by atoms with Gasteiger partial charge in [0.05, 0.1) is 18.7 Å². The van der Waals surface area contributed by atoms with Crippen LogP contribution in [0.25, 0.3) is 0 Å². The maximum absolute atomic E-state index is 12.5. The van der Waals surface area contributed by atoms with Crippen molar-refractivity contribution >= 4 is 29.9 Å². The molecule has 0 aliphatic carbocycles. The van der Waals surface area contributed by atoms with Crippen molar-refractivity contribution in [3.63, 3.8) is 0 Å². The predicted molar refractivity (Wildman–Crippen MR) is 99.2 cm³/mol. The number of methoxy groups -OCH3 is 1. The monoisotopic (exact) mass is 367 g/mol. The first-order valence-electron chi connectivity index (χ1n) is 8.62. The molecule has 25 heavy (non-hydrogen) atoms. The summed E-state index contributed by atoms with van der Waals surface area (Å²) >= 11 is 0. The second kappa shape index (κ2) is 9.06. The Morgan fingerprint density at radius 2 is 1.88 bits per heavy atom. The highest BCUT2D eigenvalue weighted by Crippen LogP contribution is 2.26. The van der Waals surface area contributed by atoms with E-state index in [0.29, 0.717) is 37.4 Å². The van der Waals surface area contributed by atoms with Crippen molar-refractivity contribution in [1.29, 1.82) is 0 Å². The molecular formula is C18H26ClN3O3. The third-order valence-electron chi connectivity index (χ3n) is 4.95. The SMILES string of the molecule is COc1ccccc1NC(=O)C1CCN(C(=O)C2CCNC2)CC1.Cl. The van der Waals surface area contributed by atoms with Crippen molar-refractivity contribution in [1.82, 2.24) is 10.2 Å². The van der Waals surface area contributed by atoms with Crippen LogP contribution in [0.2, 0.25) is 0 Å². The first-order chi connectivity index (χ1) is 11.7. The van der Waals surface area contributed by atoms with Crippen LogP contribution < -0.4 is 15.4 Å². The third-order valence-corrected chi connectivity index (χ3v) is 4.95. The average molecular weight is 368 g/mol. The number of halogens is 1. The number of hydrogen-bond acceptors (Lipinski definition) is 4. The molecule has 2 saturated heterocycles. The van der Waals surface area contributed by atoms with Crippen LogP contribution in [0.15, 0.2) is 24.3 Å². The Hall–Kier alpha value is -1.79. The van der Waals surface area contributed by atoms with Crippen molar-refractivity contribution in [3.8, 4) is 5.75 Å². The number of carbonyl (C=O) groups is 2. The number of hydrogen-bond donors (Lipinski definition) is 2. The summed E-state index contributed by atoms with van der Waals surface area (Å²) in [6.07, 6.45) is 2.35. The van der Waals surface area contributed by atoms with Crippen LogP contribution in [0.4, 0.5) is 5.69 Å². The minimum Gasteiger partial charge on any atom is -0.495 e. The minimum atomic E-state index is -0.0549. The lowest BCUT2D eigenvalue weighted by Crippen LogP contribution is -2.44. The molecule has 0 saturated carbocycles. The quantitative estimate of drug-likeness (QED) is 0.852. The Balaban J connectivity index is 0.00000225. The van der Waals surface area contributed by atoms with E-state index in [-0.39, 0.29) is 36.1 Å². The van der Waals surface area contributed by atoms with Crippen molar-refractivity contribution < 1.29 is 14.3 Å². The molecule has 3 rings (SSSR count). The van der Waals surface area contributed by atoms with Crippen LogP contribution in [-0.2, 0) is 9.59 Å². The fraction of sp³-hybridized carbons (Fsp3) is 0.556. The molecule has 1 atom stereocenters. The number of para-hydroxylation sites is 2. The number of rotatable bonds is 4. The molecule has 0 aromatic heterocycles. The molecule has 0 spiro atoms. The number of carbonyl (C=O) groups excluding carboxylic acids is 2. The van der Waals surface area contributed by atoms with E-state index in [2.05, 4.69) is 10.6 Å². The van der Waals surface area contributed by atoms with Gasteiger partial charge in [-0.15, -0.1) is 12.4 Å². The molecule has 0 bridgehead atoms. The highest BCUT2D eigenvalue weighted by Gasteiger charge is 2.32. The van der Waals surface area contributed by atoms with E-state index in [1.54, 1.807) is 7.11 Å². The fourth-order valence-corrected chi connectivity index (χ4v) is 3.47. The largest absolute Gasteiger partial charge is 0.495 e. The van der Waals surface area contributed by atoms with Crippen LogP contribution in [0.5, 0.6) is 5.75 Å². The number of piperidine rings is 1. The number of benzene rings is 1. The van der Waals surface area contributed by atoms with Crippen LogP contribution >= 0.6 is 12.4 Å². The van der Waals surface area contributed by atoms with Crippen molar-refractivity contribution in [2.45, 2.75) is 19.3 Å². The summed E-state index contributed by atoms with van der Waals surface area (Å²) in [7, 11) is 1.59. The van der Waals surface area contributed by atoms with E-state index in [9.17, 15) is 9.59 Å². The van der Waals surface area contributed by atoms with Gasteiger partial charge in [0.25, 0.3) is 0 Å². The van der Waals surface area contributed by atoms with Gasteiger partial charge in [-0.1, -0.05) is 12.1 Å². The van der Waals surface area contributed by atoms with E-state index in [0.717, 1.165) is 19.5 Å². The summed E-state index contributed by atoms with van der Waals surface area (Å²) in [6.45, 7) is 3.04. The summed E-state index contributed by atoms with van der Waals surface area (Å²) in [5.41, 5.74) is 0.695. The van der Waals surface area contributed by atoms with Gasteiger partial charge in [0.15, 0.2) is 0 Å². The molecule has 2 heterocycles. The lowest BCUT2D eigenvalue weighted by Gasteiger charge is -2.33. The van der Waals surface area contributed by atoms with Gasteiger partial charge in [-0.2, -0.15) is 0 Å². The van der Waals surface area contributed by atoms with Crippen molar-refractivity contribution in [2.75, 3.05) is 38.6 Å². The molecule has 7 heteroatoms. The lowest BCUT2D eigenvalue weighted by molar-refractivity contribution is -0.137. The average Bonchev–Trinajstić information content (AvgIpc) is 3.16. The summed E-state index contributed by atoms with van der Waals surface area (Å²) in [6, 6.07) is 7.40. The fourth-order valence-electron chi connectivity index (χ4n) is 3.47. The molecule has 1 unspecified atom stereocenters. The first-order valence-corrected chi connectivity index (χ1v) is 8.62. The Morgan fingerprint density at radius 3 is 2.52 bits per heavy atom. The standard InChI is InChI=1S/C18H25N3O3.ClH/c1-24-16-5-3-2-4-15(16)20-17(22)13-7-10-21(11-8-13)18(23)14-6-9-19-12-14;/h2-5,13-14,19H,6-12H2,1H3,(H,20,22);1H. The van der Waals surface area contributed by atoms with E-state index in [4.69, 9.17) is 4.74 Å². The number of likely N-dealkylation sites (tertiary alicyclic amines) is 1. The molecular weight excluding hydrogens is 342 g/mol. The number of anilines is 1. The van der Waals surface area contributed by atoms with Gasteiger partial charge in [0.2, 0.25) is 11.8 Å². The number of nitrogens with one attached hydrogen (secondary N) is 2. The van der Waals surface area contributed by atoms with Crippen LogP contribution in [-0.4, -0.2) is 50.0 Å². The van der Waals surface area contributed by atoms with Gasteiger partial charge in [0, 0.05) is 25.6 Å². The first kappa shape index (κ1) is 19.5. The molecule has 2 N–H and O–H groups in total. The molecule has 2 amide bonds. The number of nitrogens with zero attached hydrogens (tertiary/aromatic N) is 1. The van der Waals surface area contributed by atoms with Gasteiger partial charge >= 0.3 is 0 Å². The van der Waals surface area contributed by atoms with Gasteiger partial charge in [-0.3, -0.25) is 9.59 Å². The summed E-state index contributed by atoms with van der Waals surface area (Å²) in [5.74, 6) is 0.967. The highest BCUT2D eigenvalue weighted by atomic mass is 35.5. The summed E-state index contributed by atoms with van der Waals surface area (Å²) < 4.78 is 5.27. The van der Waals surface area contributed by atoms with Gasteiger partial charge in [-0.25, -0.2) is 0 Å². The molecule has 138 valence electrons. The maximum atomic E-state index is 12.5. The Bertz CT molecular complexity index is 597.